The van der Waals surface area contributed by atoms with Gasteiger partial charge in [0.25, 0.3) is 0 Å². The van der Waals surface area contributed by atoms with E-state index in [-0.39, 0.29) is 12.3 Å². The average Bonchev–Trinajstić information content (AvgIpc) is 3.22. The Kier molecular flexibility index (Phi) is 5.64. The Bertz CT molecular complexity index is 807. The van der Waals surface area contributed by atoms with Gasteiger partial charge in [0.1, 0.15) is 18.2 Å². The van der Waals surface area contributed by atoms with Gasteiger partial charge in [-0.1, -0.05) is 61.4 Å². The first-order valence-corrected chi connectivity index (χ1v) is 11.4. The van der Waals surface area contributed by atoms with Crippen molar-refractivity contribution in [2.75, 3.05) is 31.1 Å². The monoisotopic (exact) mass is 388 g/mol. The van der Waals surface area contributed by atoms with E-state index in [0.717, 1.165) is 5.84 Å². The number of nitrogens with zero attached hydrogens (tertiary/aromatic N) is 4. The van der Waals surface area contributed by atoms with Crippen LogP contribution in [0.2, 0.25) is 0 Å². The first-order valence-electron chi connectivity index (χ1n) is 11.4. The summed E-state index contributed by atoms with van der Waals surface area (Å²) < 4.78 is 0. The number of hydrogen-bond acceptors (Lipinski definition) is 4. The van der Waals surface area contributed by atoms with Gasteiger partial charge in [-0.25, -0.2) is 4.99 Å². The van der Waals surface area contributed by atoms with Gasteiger partial charge in [-0.3, -0.25) is 9.80 Å². The molecule has 3 aliphatic rings. The van der Waals surface area contributed by atoms with E-state index in [1.54, 1.807) is 0 Å². The Balaban J connectivity index is 1.59. The van der Waals surface area contributed by atoms with E-state index < -0.39 is 0 Å². The van der Waals surface area contributed by atoms with Crippen LogP contribution >= 0.6 is 0 Å². The molecule has 2 aromatic carbocycles. The van der Waals surface area contributed by atoms with E-state index in [2.05, 4.69) is 75.4 Å². The van der Waals surface area contributed by atoms with Crippen LogP contribution in [0, 0.1) is 0 Å². The van der Waals surface area contributed by atoms with Crippen molar-refractivity contribution in [3.8, 4) is 0 Å². The van der Waals surface area contributed by atoms with Crippen molar-refractivity contribution in [1.82, 2.24) is 9.80 Å². The summed E-state index contributed by atoms with van der Waals surface area (Å²) in [6.07, 6.45) is 8.40. The van der Waals surface area contributed by atoms with Crippen molar-refractivity contribution < 1.29 is 0 Å². The van der Waals surface area contributed by atoms with Crippen LogP contribution in [0.5, 0.6) is 0 Å². The zero-order chi connectivity index (χ0) is 19.5. The third kappa shape index (κ3) is 3.84. The van der Waals surface area contributed by atoms with Crippen molar-refractivity contribution in [2.24, 2.45) is 4.99 Å². The average molecular weight is 389 g/mol. The van der Waals surface area contributed by atoms with Gasteiger partial charge in [0.05, 0.1) is 0 Å². The van der Waals surface area contributed by atoms with Crippen LogP contribution in [-0.4, -0.2) is 54.1 Å². The largest absolute Gasteiger partial charge is 0.306 e. The van der Waals surface area contributed by atoms with Gasteiger partial charge in [-0.2, -0.15) is 0 Å². The third-order valence-corrected chi connectivity index (χ3v) is 6.61. The fourth-order valence-corrected chi connectivity index (χ4v) is 5.17. The summed E-state index contributed by atoms with van der Waals surface area (Å²) in [5.74, 6) is 1.13. The molecule has 3 heterocycles. The van der Waals surface area contributed by atoms with Crippen LogP contribution in [0.15, 0.2) is 65.7 Å². The molecular formula is C25H32N4. The number of likely N-dealkylation sites (tertiary alicyclic amines) is 2. The molecule has 2 saturated heterocycles. The minimum Gasteiger partial charge on any atom is -0.306 e. The second kappa shape index (κ2) is 8.68. The van der Waals surface area contributed by atoms with Crippen molar-refractivity contribution in [3.63, 3.8) is 0 Å². The highest BCUT2D eigenvalue weighted by Gasteiger charge is 2.44. The molecule has 5 rings (SSSR count). The molecule has 0 bridgehead atoms. The van der Waals surface area contributed by atoms with Crippen LogP contribution in [0.1, 0.15) is 44.1 Å². The predicted molar refractivity (Wildman–Crippen MR) is 120 cm³/mol. The Morgan fingerprint density at radius 2 is 1.17 bits per heavy atom. The Hall–Kier alpha value is -2.17. The molecule has 0 aromatic heterocycles. The summed E-state index contributed by atoms with van der Waals surface area (Å²) in [5.41, 5.74) is 2.48. The Morgan fingerprint density at radius 3 is 1.79 bits per heavy atom. The maximum atomic E-state index is 5.42. The lowest BCUT2D eigenvalue weighted by Crippen LogP contribution is -2.58. The smallest absolute Gasteiger partial charge is 0.139 e. The first-order chi connectivity index (χ1) is 14.4. The quantitative estimate of drug-likeness (QED) is 0.766. The van der Waals surface area contributed by atoms with Gasteiger partial charge in [-0.15, -0.1) is 0 Å². The topological polar surface area (TPSA) is 22.1 Å². The predicted octanol–water partition coefficient (Wildman–Crippen LogP) is 4.58. The summed E-state index contributed by atoms with van der Waals surface area (Å²) in [6.45, 7) is 4.69. The minimum atomic E-state index is 0.212. The molecule has 2 aromatic rings. The molecule has 0 unspecified atom stereocenters. The number of para-hydroxylation sites is 1. The second-order valence-corrected chi connectivity index (χ2v) is 8.54. The molecule has 0 aliphatic carbocycles. The molecular weight excluding hydrogens is 356 g/mol. The molecule has 0 spiro atoms. The molecule has 29 heavy (non-hydrogen) atoms. The fourth-order valence-electron chi connectivity index (χ4n) is 5.17. The number of rotatable bonds is 4. The zero-order valence-corrected chi connectivity index (χ0v) is 17.3. The highest BCUT2D eigenvalue weighted by atomic mass is 15.5. The van der Waals surface area contributed by atoms with Crippen LogP contribution < -0.4 is 4.90 Å². The molecule has 0 radical (unpaired) electrons. The zero-order valence-electron chi connectivity index (χ0n) is 17.3. The molecule has 0 N–H and O–H groups in total. The van der Waals surface area contributed by atoms with Crippen molar-refractivity contribution in [1.29, 1.82) is 0 Å². The van der Waals surface area contributed by atoms with Crippen LogP contribution in [0.3, 0.4) is 0 Å². The maximum absolute atomic E-state index is 5.42. The second-order valence-electron chi connectivity index (χ2n) is 8.54. The fraction of sp³-hybridized carbons (Fsp3) is 0.480. The lowest BCUT2D eigenvalue weighted by Gasteiger charge is -2.44. The normalized spacial score (nSPS) is 26.5. The summed E-state index contributed by atoms with van der Waals surface area (Å²) in [5, 5.41) is 0. The molecule has 0 amide bonds. The summed E-state index contributed by atoms with van der Waals surface area (Å²) in [7, 11) is 0. The molecule has 3 aliphatic heterocycles. The van der Waals surface area contributed by atoms with E-state index in [1.165, 1.54) is 76.0 Å². The molecule has 152 valence electrons. The van der Waals surface area contributed by atoms with Gasteiger partial charge in [0.2, 0.25) is 0 Å². The van der Waals surface area contributed by atoms with Gasteiger partial charge >= 0.3 is 0 Å². The Labute approximate surface area is 174 Å². The Morgan fingerprint density at radius 1 is 0.621 bits per heavy atom. The van der Waals surface area contributed by atoms with E-state index in [0.29, 0.717) is 0 Å². The van der Waals surface area contributed by atoms with E-state index in [1.807, 2.05) is 0 Å². The maximum Gasteiger partial charge on any atom is 0.139 e. The van der Waals surface area contributed by atoms with E-state index in [9.17, 15) is 0 Å². The van der Waals surface area contributed by atoms with E-state index in [4.69, 9.17) is 4.99 Å². The van der Waals surface area contributed by atoms with Crippen molar-refractivity contribution in [3.05, 3.63) is 66.2 Å². The number of benzene rings is 2. The first kappa shape index (κ1) is 18.8. The van der Waals surface area contributed by atoms with Gasteiger partial charge in [0.15, 0.2) is 0 Å². The molecule has 4 nitrogen and oxygen atoms in total. The van der Waals surface area contributed by atoms with Gasteiger partial charge < -0.3 is 4.90 Å². The van der Waals surface area contributed by atoms with Crippen LogP contribution in [0.25, 0.3) is 0 Å². The highest BCUT2D eigenvalue weighted by Crippen LogP contribution is 2.34. The van der Waals surface area contributed by atoms with Crippen LogP contribution in [0.4, 0.5) is 5.69 Å². The standard InChI is InChI=1S/C25H32N4/c1-5-13-21(14-6-1)23-26-24(27-17-9-3-10-18-27)25(28-19-11-4-12-20-28)29(23)22-15-7-2-8-16-22/h1-2,5-8,13-16,24-25H,3-4,9-12,17-20H2/t24-,25-/m1/s1. The number of amidine groups is 1. The van der Waals surface area contributed by atoms with Crippen molar-refractivity contribution in [2.45, 2.75) is 50.9 Å². The highest BCUT2D eigenvalue weighted by molar-refractivity contribution is 6.11. The lowest BCUT2D eigenvalue weighted by atomic mass is 10.1. The van der Waals surface area contributed by atoms with Gasteiger partial charge in [0, 0.05) is 37.4 Å². The number of anilines is 1. The number of piperidine rings is 2. The summed E-state index contributed by atoms with van der Waals surface area (Å²) in [6, 6.07) is 21.7. The third-order valence-electron chi connectivity index (χ3n) is 6.61. The van der Waals surface area contributed by atoms with E-state index >= 15 is 0 Å². The minimum absolute atomic E-state index is 0.212. The lowest BCUT2D eigenvalue weighted by molar-refractivity contribution is 0.0696. The molecule has 0 saturated carbocycles. The van der Waals surface area contributed by atoms with Crippen LogP contribution in [-0.2, 0) is 0 Å². The SMILES string of the molecule is c1ccc(C2=N[C@H](N3CCCCC3)[C@H](N3CCCCC3)N2c2ccccc2)cc1. The molecule has 2 fully saturated rings. The molecule has 4 heteroatoms. The number of hydrogen-bond donors (Lipinski definition) is 0. The number of aliphatic imine (C=N–C) groups is 1. The molecule has 2 atom stereocenters. The summed E-state index contributed by atoms with van der Waals surface area (Å²) >= 11 is 0. The van der Waals surface area contributed by atoms with Crippen molar-refractivity contribution >= 4 is 11.5 Å². The summed E-state index contributed by atoms with van der Waals surface area (Å²) in [4.78, 5) is 13.3. The van der Waals surface area contributed by atoms with Gasteiger partial charge in [-0.05, 0) is 37.8 Å².